The zero-order chi connectivity index (χ0) is 20.1. The van der Waals surface area contributed by atoms with E-state index < -0.39 is 0 Å². The molecule has 0 bridgehead atoms. The van der Waals surface area contributed by atoms with Crippen molar-refractivity contribution in [3.63, 3.8) is 0 Å². The van der Waals surface area contributed by atoms with Crippen molar-refractivity contribution in [1.29, 1.82) is 0 Å². The van der Waals surface area contributed by atoms with Crippen LogP contribution in [-0.2, 0) is 0 Å². The Morgan fingerprint density at radius 1 is 1.17 bits per heavy atom. The van der Waals surface area contributed by atoms with E-state index in [1.165, 1.54) is 0 Å². The van der Waals surface area contributed by atoms with Gasteiger partial charge in [0.15, 0.2) is 0 Å². The normalized spacial score (nSPS) is 16.2. The van der Waals surface area contributed by atoms with Gasteiger partial charge in [-0.2, -0.15) is 0 Å². The van der Waals surface area contributed by atoms with Gasteiger partial charge in [0.05, 0.1) is 16.6 Å². The lowest BCUT2D eigenvalue weighted by Crippen LogP contribution is -2.34. The fourth-order valence-electron chi connectivity index (χ4n) is 3.52. The Labute approximate surface area is 170 Å². The maximum Gasteiger partial charge on any atom is 0.289 e. The van der Waals surface area contributed by atoms with Crippen LogP contribution >= 0.6 is 11.6 Å². The average Bonchev–Trinajstić information content (AvgIpc) is 2.98. The Morgan fingerprint density at radius 3 is 2.86 bits per heavy atom. The average molecular weight is 409 g/mol. The minimum absolute atomic E-state index is 0.00666. The second-order valence-electron chi connectivity index (χ2n) is 7.01. The molecule has 1 aliphatic heterocycles. The number of hydrogen-bond acceptors (Lipinski definition) is 7. The maximum atomic E-state index is 12.4. The van der Waals surface area contributed by atoms with E-state index in [0.717, 1.165) is 16.3 Å². The zero-order valence-corrected chi connectivity index (χ0v) is 16.5. The van der Waals surface area contributed by atoms with Crippen LogP contribution in [0.3, 0.4) is 0 Å². The summed E-state index contributed by atoms with van der Waals surface area (Å²) in [7, 11) is 0. The molecule has 4 heterocycles. The van der Waals surface area contributed by atoms with Crippen LogP contribution < -0.4 is 16.0 Å². The van der Waals surface area contributed by atoms with Gasteiger partial charge in [0.1, 0.15) is 28.2 Å². The lowest BCUT2D eigenvalue weighted by atomic mass is 10.1. The molecule has 1 aliphatic rings. The molecule has 1 atom stereocenters. The van der Waals surface area contributed by atoms with Crippen LogP contribution in [0.5, 0.6) is 0 Å². The van der Waals surface area contributed by atoms with Crippen LogP contribution in [-0.4, -0.2) is 33.4 Å². The van der Waals surface area contributed by atoms with E-state index in [4.69, 9.17) is 16.0 Å². The molecule has 0 saturated carbocycles. The van der Waals surface area contributed by atoms with Crippen LogP contribution in [0.25, 0.3) is 21.9 Å². The molecule has 8 nitrogen and oxygen atoms in total. The second-order valence-corrected chi connectivity index (χ2v) is 7.40. The van der Waals surface area contributed by atoms with Gasteiger partial charge in [-0.05, 0) is 38.1 Å². The third-order valence-electron chi connectivity index (χ3n) is 4.75. The van der Waals surface area contributed by atoms with Crippen molar-refractivity contribution in [2.45, 2.75) is 19.9 Å². The molecule has 3 N–H and O–H groups in total. The molecular weight excluding hydrogens is 392 g/mol. The summed E-state index contributed by atoms with van der Waals surface area (Å²) in [5, 5.41) is 11.5. The van der Waals surface area contributed by atoms with Crippen molar-refractivity contribution in [3.05, 3.63) is 47.1 Å². The van der Waals surface area contributed by atoms with E-state index in [0.29, 0.717) is 46.2 Å². The summed E-state index contributed by atoms with van der Waals surface area (Å²) in [5.41, 5.74) is 2.11. The molecule has 4 aromatic rings. The number of rotatable bonds is 2. The number of aryl methyl sites for hydroxylation is 1. The molecule has 9 heteroatoms. The van der Waals surface area contributed by atoms with E-state index in [9.17, 15) is 4.79 Å². The van der Waals surface area contributed by atoms with Gasteiger partial charge < -0.3 is 20.4 Å². The molecule has 3 aromatic heterocycles. The molecule has 0 radical (unpaired) electrons. The lowest BCUT2D eigenvalue weighted by molar-refractivity contribution is 0.0920. The Morgan fingerprint density at radius 2 is 2.03 bits per heavy atom. The number of furan rings is 1. The number of benzene rings is 1. The second kappa shape index (κ2) is 6.59. The fraction of sp³-hybridized carbons (Fsp3) is 0.200. The smallest absolute Gasteiger partial charge is 0.289 e. The minimum atomic E-state index is -0.218. The molecule has 1 aromatic carbocycles. The highest BCUT2D eigenvalue weighted by Gasteiger charge is 2.26. The van der Waals surface area contributed by atoms with Crippen molar-refractivity contribution in [1.82, 2.24) is 20.3 Å². The van der Waals surface area contributed by atoms with Gasteiger partial charge in [-0.3, -0.25) is 4.79 Å². The fourth-order valence-corrected chi connectivity index (χ4v) is 3.75. The summed E-state index contributed by atoms with van der Waals surface area (Å²) >= 11 is 6.01. The highest BCUT2D eigenvalue weighted by molar-refractivity contribution is 6.29. The van der Waals surface area contributed by atoms with Gasteiger partial charge in [-0.25, -0.2) is 15.0 Å². The first-order valence-corrected chi connectivity index (χ1v) is 9.55. The van der Waals surface area contributed by atoms with Crippen LogP contribution in [0.1, 0.15) is 23.3 Å². The summed E-state index contributed by atoms with van der Waals surface area (Å²) in [5.74, 6) is 1.84. The number of nitrogens with zero attached hydrogens (tertiary/aromatic N) is 3. The topological polar surface area (TPSA) is 105 Å². The number of amides is 1. The first-order chi connectivity index (χ1) is 14.0. The molecule has 0 fully saturated rings. The maximum absolute atomic E-state index is 12.4. The third-order valence-corrected chi connectivity index (χ3v) is 4.95. The van der Waals surface area contributed by atoms with Gasteiger partial charge in [-0.1, -0.05) is 11.6 Å². The highest BCUT2D eigenvalue weighted by Crippen LogP contribution is 2.37. The van der Waals surface area contributed by atoms with Crippen molar-refractivity contribution < 1.29 is 9.21 Å². The van der Waals surface area contributed by atoms with Crippen molar-refractivity contribution in [2.24, 2.45) is 0 Å². The van der Waals surface area contributed by atoms with Gasteiger partial charge in [0, 0.05) is 24.0 Å². The summed E-state index contributed by atoms with van der Waals surface area (Å²) in [6.45, 7) is 4.33. The number of aromatic nitrogens is 3. The molecule has 29 heavy (non-hydrogen) atoms. The first kappa shape index (κ1) is 17.7. The third kappa shape index (κ3) is 3.11. The number of fused-ring (bicyclic) bond motifs is 5. The molecular formula is C20H17ClN6O2. The lowest BCUT2D eigenvalue weighted by Gasteiger charge is -2.10. The predicted octanol–water partition coefficient (Wildman–Crippen LogP) is 4.02. The van der Waals surface area contributed by atoms with Crippen LogP contribution in [0, 0.1) is 6.92 Å². The summed E-state index contributed by atoms with van der Waals surface area (Å²) in [4.78, 5) is 25.5. The highest BCUT2D eigenvalue weighted by atomic mass is 35.5. The van der Waals surface area contributed by atoms with Gasteiger partial charge >= 0.3 is 0 Å². The summed E-state index contributed by atoms with van der Waals surface area (Å²) in [6, 6.07) is 9.14. The number of halogens is 1. The van der Waals surface area contributed by atoms with Crippen LogP contribution in [0.15, 0.2) is 34.7 Å². The van der Waals surface area contributed by atoms with E-state index in [-0.39, 0.29) is 11.9 Å². The Hall–Kier alpha value is -3.39. The predicted molar refractivity (Wildman–Crippen MR) is 112 cm³/mol. The molecule has 1 amide bonds. The number of pyridine rings is 1. The molecule has 0 saturated heterocycles. The Kier molecular flexibility index (Phi) is 4.02. The van der Waals surface area contributed by atoms with E-state index in [1.807, 2.05) is 31.2 Å². The van der Waals surface area contributed by atoms with Crippen LogP contribution in [0.4, 0.5) is 17.3 Å². The zero-order valence-electron chi connectivity index (χ0n) is 15.7. The first-order valence-electron chi connectivity index (χ1n) is 9.17. The number of carbonyl (C=O) groups is 1. The monoisotopic (exact) mass is 408 g/mol. The van der Waals surface area contributed by atoms with Gasteiger partial charge in [0.25, 0.3) is 5.91 Å². The summed E-state index contributed by atoms with van der Waals surface area (Å²) < 4.78 is 5.84. The van der Waals surface area contributed by atoms with Crippen molar-refractivity contribution >= 4 is 56.7 Å². The molecule has 0 aliphatic carbocycles. The number of anilines is 3. The van der Waals surface area contributed by atoms with E-state index in [2.05, 4.69) is 30.9 Å². The Balaban J connectivity index is 1.61. The molecule has 146 valence electrons. The van der Waals surface area contributed by atoms with Gasteiger partial charge in [0.2, 0.25) is 5.76 Å². The number of carbonyl (C=O) groups excluding carboxylic acids is 1. The molecule has 5 rings (SSSR count). The Bertz CT molecular complexity index is 1260. The number of nitrogens with one attached hydrogen (secondary N) is 3. The van der Waals surface area contributed by atoms with Crippen molar-refractivity contribution in [3.8, 4) is 0 Å². The summed E-state index contributed by atoms with van der Waals surface area (Å²) in [6.07, 6.45) is 0. The van der Waals surface area contributed by atoms with Gasteiger partial charge in [-0.15, -0.1) is 0 Å². The standard InChI is InChI=1S/C20H17ClN6O2/c1-9-8-22-18-17-11-3-6-15(27-16-7-14(21)24-10(2)25-16)26-12(11)4-5-13(17)29-19(18)20(28)23-9/h3-7,9,22H,8H2,1-2H3,(H,23,28)(H,24,25,26,27)/t9-/m1/s1. The van der Waals surface area contributed by atoms with Crippen molar-refractivity contribution in [2.75, 3.05) is 17.2 Å². The van der Waals surface area contributed by atoms with Crippen LogP contribution in [0.2, 0.25) is 5.15 Å². The molecule has 0 spiro atoms. The van der Waals surface area contributed by atoms with E-state index >= 15 is 0 Å². The van der Waals surface area contributed by atoms with E-state index in [1.54, 1.807) is 13.0 Å². The molecule has 0 unspecified atom stereocenters. The largest absolute Gasteiger partial charge is 0.449 e. The quantitative estimate of drug-likeness (QED) is 0.430. The number of hydrogen-bond donors (Lipinski definition) is 3. The minimum Gasteiger partial charge on any atom is -0.449 e. The SMILES string of the molecule is Cc1nc(Cl)cc(Nc2ccc3c(ccc4oc5c(c43)NC[C@@H](C)NC5=O)n2)n1.